The standard InChI is InChI=1S/C22H23N3O2S/c1-14(2)12-20(26)24-18-8-10-19(11-9-18)25-21(27)16-4-6-17(7-5-16)22-23-15(3)13-28-22/h4-11,13-14H,12H2,1-3H3,(H,24,26)(H,25,27). The van der Waals surface area contributed by atoms with Gasteiger partial charge in [0, 0.05) is 40.0 Å². The number of anilines is 2. The molecule has 0 saturated carbocycles. The van der Waals surface area contributed by atoms with Crippen molar-refractivity contribution in [3.05, 3.63) is 65.2 Å². The highest BCUT2D eigenvalue weighted by molar-refractivity contribution is 7.13. The first-order valence-electron chi connectivity index (χ1n) is 9.14. The summed E-state index contributed by atoms with van der Waals surface area (Å²) in [5.74, 6) is 0.116. The number of carbonyl (C=O) groups is 2. The summed E-state index contributed by atoms with van der Waals surface area (Å²) in [6, 6.07) is 14.5. The van der Waals surface area contributed by atoms with Crippen LogP contribution in [-0.4, -0.2) is 16.8 Å². The van der Waals surface area contributed by atoms with E-state index in [4.69, 9.17) is 0 Å². The molecule has 28 heavy (non-hydrogen) atoms. The van der Waals surface area contributed by atoms with Gasteiger partial charge in [0.2, 0.25) is 5.91 Å². The van der Waals surface area contributed by atoms with E-state index < -0.39 is 0 Å². The Morgan fingerprint density at radius 2 is 1.57 bits per heavy atom. The fourth-order valence-electron chi connectivity index (χ4n) is 2.67. The Morgan fingerprint density at radius 1 is 0.964 bits per heavy atom. The Hall–Kier alpha value is -2.99. The van der Waals surface area contributed by atoms with Gasteiger partial charge in [-0.2, -0.15) is 0 Å². The SMILES string of the molecule is Cc1csc(-c2ccc(C(=O)Nc3ccc(NC(=O)CC(C)C)cc3)cc2)n1. The highest BCUT2D eigenvalue weighted by atomic mass is 32.1. The lowest BCUT2D eigenvalue weighted by Crippen LogP contribution is -2.14. The first-order chi connectivity index (χ1) is 13.4. The lowest BCUT2D eigenvalue weighted by Gasteiger charge is -2.09. The van der Waals surface area contributed by atoms with Crippen molar-refractivity contribution in [3.63, 3.8) is 0 Å². The van der Waals surface area contributed by atoms with Crippen LogP contribution in [-0.2, 0) is 4.79 Å². The zero-order valence-electron chi connectivity index (χ0n) is 16.2. The number of nitrogens with zero attached hydrogens (tertiary/aromatic N) is 1. The van der Waals surface area contributed by atoms with Gasteiger partial charge < -0.3 is 10.6 Å². The molecular formula is C22H23N3O2S. The van der Waals surface area contributed by atoms with Crippen molar-refractivity contribution in [3.8, 4) is 10.6 Å². The number of nitrogens with one attached hydrogen (secondary N) is 2. The molecule has 0 spiro atoms. The van der Waals surface area contributed by atoms with E-state index in [1.807, 2.05) is 38.3 Å². The van der Waals surface area contributed by atoms with Gasteiger partial charge in [-0.3, -0.25) is 9.59 Å². The second kappa shape index (κ2) is 8.80. The van der Waals surface area contributed by atoms with Crippen LogP contribution in [0.2, 0.25) is 0 Å². The number of carbonyl (C=O) groups excluding carboxylic acids is 2. The topological polar surface area (TPSA) is 71.1 Å². The first-order valence-corrected chi connectivity index (χ1v) is 10.0. The van der Waals surface area contributed by atoms with Gasteiger partial charge >= 0.3 is 0 Å². The molecule has 0 atom stereocenters. The van der Waals surface area contributed by atoms with Crippen molar-refractivity contribution < 1.29 is 9.59 Å². The van der Waals surface area contributed by atoms with E-state index in [1.54, 1.807) is 47.7 Å². The predicted molar refractivity (Wildman–Crippen MR) is 115 cm³/mol. The minimum absolute atomic E-state index is 0.0118. The highest BCUT2D eigenvalue weighted by Gasteiger charge is 2.09. The molecule has 0 aliphatic heterocycles. The molecule has 0 unspecified atom stereocenters. The van der Waals surface area contributed by atoms with Crippen molar-refractivity contribution in [2.75, 3.05) is 10.6 Å². The third-order valence-corrected chi connectivity index (χ3v) is 5.04. The van der Waals surface area contributed by atoms with Crippen LogP contribution < -0.4 is 10.6 Å². The van der Waals surface area contributed by atoms with E-state index in [2.05, 4.69) is 15.6 Å². The summed E-state index contributed by atoms with van der Waals surface area (Å²) in [7, 11) is 0. The maximum absolute atomic E-state index is 12.5. The maximum Gasteiger partial charge on any atom is 0.255 e. The minimum atomic E-state index is -0.182. The molecule has 1 heterocycles. The van der Waals surface area contributed by atoms with Gasteiger partial charge in [-0.05, 0) is 49.2 Å². The molecule has 2 N–H and O–H groups in total. The number of benzene rings is 2. The Kier molecular flexibility index (Phi) is 6.21. The Bertz CT molecular complexity index is 960. The zero-order chi connectivity index (χ0) is 20.1. The molecule has 0 radical (unpaired) electrons. The molecule has 0 bridgehead atoms. The van der Waals surface area contributed by atoms with Crippen molar-refractivity contribution in [1.29, 1.82) is 0 Å². The van der Waals surface area contributed by atoms with E-state index in [0.717, 1.165) is 16.3 Å². The van der Waals surface area contributed by atoms with Crippen molar-refractivity contribution in [2.24, 2.45) is 5.92 Å². The molecule has 1 aromatic heterocycles. The van der Waals surface area contributed by atoms with Crippen LogP contribution in [0.25, 0.3) is 10.6 Å². The normalized spacial score (nSPS) is 10.7. The molecule has 144 valence electrons. The van der Waals surface area contributed by atoms with Gasteiger partial charge in [-0.25, -0.2) is 4.98 Å². The third kappa shape index (κ3) is 5.27. The Morgan fingerprint density at radius 3 is 2.11 bits per heavy atom. The van der Waals surface area contributed by atoms with Crippen LogP contribution in [0.4, 0.5) is 11.4 Å². The average molecular weight is 394 g/mol. The fourth-order valence-corrected chi connectivity index (χ4v) is 3.48. The molecular weight excluding hydrogens is 370 g/mol. The third-order valence-electron chi connectivity index (χ3n) is 4.03. The smallest absolute Gasteiger partial charge is 0.255 e. The molecule has 0 aliphatic carbocycles. The maximum atomic E-state index is 12.5. The number of hydrogen-bond donors (Lipinski definition) is 2. The van der Waals surface area contributed by atoms with Gasteiger partial charge in [0.15, 0.2) is 0 Å². The van der Waals surface area contributed by atoms with E-state index in [-0.39, 0.29) is 11.8 Å². The predicted octanol–water partition coefficient (Wildman–Crippen LogP) is 5.36. The molecule has 0 fully saturated rings. The van der Waals surface area contributed by atoms with Crippen LogP contribution in [0.3, 0.4) is 0 Å². The molecule has 5 nitrogen and oxygen atoms in total. The Labute approximate surface area is 168 Å². The van der Waals surface area contributed by atoms with E-state index >= 15 is 0 Å². The van der Waals surface area contributed by atoms with E-state index in [1.165, 1.54) is 0 Å². The number of aryl methyl sites for hydroxylation is 1. The van der Waals surface area contributed by atoms with Gasteiger partial charge in [-0.1, -0.05) is 26.0 Å². The lowest BCUT2D eigenvalue weighted by atomic mass is 10.1. The second-order valence-electron chi connectivity index (χ2n) is 7.05. The first kappa shape index (κ1) is 19.8. The summed E-state index contributed by atoms with van der Waals surface area (Å²) in [4.78, 5) is 28.7. The van der Waals surface area contributed by atoms with E-state index in [0.29, 0.717) is 29.3 Å². The molecule has 2 amide bonds. The molecule has 2 aromatic carbocycles. The monoisotopic (exact) mass is 393 g/mol. The summed E-state index contributed by atoms with van der Waals surface area (Å²) in [5, 5.41) is 8.67. The number of aromatic nitrogens is 1. The molecule has 0 saturated heterocycles. The number of hydrogen-bond acceptors (Lipinski definition) is 4. The molecule has 3 rings (SSSR count). The van der Waals surface area contributed by atoms with Crippen molar-refractivity contribution >= 4 is 34.5 Å². The van der Waals surface area contributed by atoms with Crippen molar-refractivity contribution in [1.82, 2.24) is 4.98 Å². The summed E-state index contributed by atoms with van der Waals surface area (Å²) < 4.78 is 0. The number of rotatable bonds is 6. The largest absolute Gasteiger partial charge is 0.326 e. The number of thiazole rings is 1. The van der Waals surface area contributed by atoms with Gasteiger partial charge in [-0.15, -0.1) is 11.3 Å². The lowest BCUT2D eigenvalue weighted by molar-refractivity contribution is -0.116. The molecule has 0 aliphatic rings. The second-order valence-corrected chi connectivity index (χ2v) is 7.91. The summed E-state index contributed by atoms with van der Waals surface area (Å²) in [5.41, 5.74) is 3.95. The molecule has 6 heteroatoms. The van der Waals surface area contributed by atoms with Crippen molar-refractivity contribution in [2.45, 2.75) is 27.2 Å². The van der Waals surface area contributed by atoms with E-state index in [9.17, 15) is 9.59 Å². The van der Waals surface area contributed by atoms with Crippen LogP contribution in [0, 0.1) is 12.8 Å². The number of amides is 2. The zero-order valence-corrected chi connectivity index (χ0v) is 17.0. The van der Waals surface area contributed by atoms with Crippen LogP contribution >= 0.6 is 11.3 Å². The Balaban J connectivity index is 1.60. The van der Waals surface area contributed by atoms with Gasteiger partial charge in [0.25, 0.3) is 5.91 Å². The summed E-state index contributed by atoms with van der Waals surface area (Å²) in [6.07, 6.45) is 0.481. The van der Waals surface area contributed by atoms with Crippen LogP contribution in [0.15, 0.2) is 53.9 Å². The average Bonchev–Trinajstić information content (AvgIpc) is 3.09. The minimum Gasteiger partial charge on any atom is -0.326 e. The van der Waals surface area contributed by atoms with Crippen LogP contribution in [0.1, 0.15) is 36.3 Å². The molecule has 3 aromatic rings. The quantitative estimate of drug-likeness (QED) is 0.592. The fraction of sp³-hybridized carbons (Fsp3) is 0.227. The van der Waals surface area contributed by atoms with Crippen LogP contribution in [0.5, 0.6) is 0 Å². The van der Waals surface area contributed by atoms with Gasteiger partial charge in [0.1, 0.15) is 5.01 Å². The summed E-state index contributed by atoms with van der Waals surface area (Å²) >= 11 is 1.59. The summed E-state index contributed by atoms with van der Waals surface area (Å²) in [6.45, 7) is 5.97. The highest BCUT2D eigenvalue weighted by Crippen LogP contribution is 2.24. The van der Waals surface area contributed by atoms with Gasteiger partial charge in [0.05, 0.1) is 0 Å².